The summed E-state index contributed by atoms with van der Waals surface area (Å²) in [5.41, 5.74) is 1.53. The van der Waals surface area contributed by atoms with Crippen LogP contribution < -0.4 is 10.1 Å². The average Bonchev–Trinajstić information content (AvgIpc) is 2.85. The van der Waals surface area contributed by atoms with Crippen molar-refractivity contribution in [2.45, 2.75) is 18.9 Å². The lowest BCUT2D eigenvalue weighted by Gasteiger charge is -2.26. The fourth-order valence-electron chi connectivity index (χ4n) is 2.48. The number of hydrogen-bond donors (Lipinski definition) is 1. The van der Waals surface area contributed by atoms with E-state index in [2.05, 4.69) is 10.3 Å². The summed E-state index contributed by atoms with van der Waals surface area (Å²) < 4.78 is 20.7. The molecule has 1 aromatic heterocycles. The van der Waals surface area contributed by atoms with E-state index in [0.29, 0.717) is 24.3 Å². The molecule has 0 fully saturated rings. The van der Waals surface area contributed by atoms with E-state index < -0.39 is 0 Å². The van der Waals surface area contributed by atoms with E-state index in [4.69, 9.17) is 4.74 Å². The molecule has 0 saturated heterocycles. The van der Waals surface area contributed by atoms with Crippen molar-refractivity contribution in [3.05, 3.63) is 47.8 Å². The molecule has 0 bridgehead atoms. The minimum Gasteiger partial charge on any atom is -0.493 e. The summed E-state index contributed by atoms with van der Waals surface area (Å²) in [6, 6.07) is 4.16. The zero-order valence-corrected chi connectivity index (χ0v) is 11.7. The molecular formula is C15H16FN3O2. The Morgan fingerprint density at radius 3 is 3.19 bits per heavy atom. The Morgan fingerprint density at radius 1 is 1.57 bits per heavy atom. The van der Waals surface area contributed by atoms with Gasteiger partial charge in [0, 0.05) is 30.9 Å². The van der Waals surface area contributed by atoms with E-state index in [1.54, 1.807) is 23.2 Å². The van der Waals surface area contributed by atoms with Crippen molar-refractivity contribution in [2.75, 3.05) is 6.61 Å². The van der Waals surface area contributed by atoms with Crippen LogP contribution >= 0.6 is 0 Å². The molecule has 0 aliphatic carbocycles. The maximum Gasteiger partial charge on any atom is 0.226 e. The molecule has 0 radical (unpaired) electrons. The van der Waals surface area contributed by atoms with Gasteiger partial charge in [0.1, 0.15) is 11.6 Å². The first kappa shape index (κ1) is 13.6. The van der Waals surface area contributed by atoms with Gasteiger partial charge >= 0.3 is 0 Å². The van der Waals surface area contributed by atoms with Gasteiger partial charge in [-0.25, -0.2) is 9.37 Å². The number of aromatic nitrogens is 2. The number of benzene rings is 1. The number of carbonyl (C=O) groups excluding carboxylic acids is 1. The zero-order chi connectivity index (χ0) is 14.8. The van der Waals surface area contributed by atoms with Crippen LogP contribution in [0.25, 0.3) is 0 Å². The Labute approximate surface area is 121 Å². The van der Waals surface area contributed by atoms with Gasteiger partial charge in [0.25, 0.3) is 0 Å². The molecule has 3 rings (SSSR count). The Balaban J connectivity index is 1.73. The zero-order valence-electron chi connectivity index (χ0n) is 11.7. The maximum absolute atomic E-state index is 13.4. The van der Waals surface area contributed by atoms with Crippen LogP contribution in [0, 0.1) is 5.82 Å². The molecule has 6 heteroatoms. The average molecular weight is 289 g/mol. The van der Waals surface area contributed by atoms with E-state index in [1.807, 2.05) is 7.05 Å². The third-order valence-electron chi connectivity index (χ3n) is 3.60. The van der Waals surface area contributed by atoms with Crippen molar-refractivity contribution in [1.29, 1.82) is 0 Å². The summed E-state index contributed by atoms with van der Waals surface area (Å²) in [5.74, 6) is 0.194. The molecule has 1 aromatic carbocycles. The van der Waals surface area contributed by atoms with Gasteiger partial charge < -0.3 is 14.6 Å². The highest BCUT2D eigenvalue weighted by atomic mass is 19.1. The molecule has 1 amide bonds. The fraction of sp³-hybridized carbons (Fsp3) is 0.333. The second-order valence-electron chi connectivity index (χ2n) is 5.11. The summed E-state index contributed by atoms with van der Waals surface area (Å²) in [4.78, 5) is 16.1. The highest BCUT2D eigenvalue weighted by Crippen LogP contribution is 2.32. The summed E-state index contributed by atoms with van der Waals surface area (Å²) in [7, 11) is 1.84. The van der Waals surface area contributed by atoms with Gasteiger partial charge in [-0.1, -0.05) is 0 Å². The quantitative estimate of drug-likeness (QED) is 0.936. The number of nitrogens with one attached hydrogen (secondary N) is 1. The van der Waals surface area contributed by atoms with Gasteiger partial charge in [-0.2, -0.15) is 0 Å². The highest BCUT2D eigenvalue weighted by molar-refractivity contribution is 5.78. The number of carbonyl (C=O) groups is 1. The first-order valence-electron chi connectivity index (χ1n) is 6.80. The molecule has 2 heterocycles. The molecule has 1 atom stereocenters. The van der Waals surface area contributed by atoms with Crippen LogP contribution in [-0.4, -0.2) is 22.1 Å². The van der Waals surface area contributed by atoms with E-state index in [1.165, 1.54) is 12.1 Å². The third kappa shape index (κ3) is 2.89. The molecule has 21 heavy (non-hydrogen) atoms. The van der Waals surface area contributed by atoms with Gasteiger partial charge in [0.15, 0.2) is 0 Å². The molecule has 1 unspecified atom stereocenters. The number of amides is 1. The first-order chi connectivity index (χ1) is 10.1. The Bertz CT molecular complexity index is 669. The molecule has 1 aliphatic rings. The molecule has 0 spiro atoms. The van der Waals surface area contributed by atoms with E-state index >= 15 is 0 Å². The molecule has 2 aromatic rings. The van der Waals surface area contributed by atoms with Crippen molar-refractivity contribution in [3.8, 4) is 5.75 Å². The van der Waals surface area contributed by atoms with Gasteiger partial charge in [-0.3, -0.25) is 4.79 Å². The summed E-state index contributed by atoms with van der Waals surface area (Å²) in [5, 5.41) is 2.94. The lowest BCUT2D eigenvalue weighted by atomic mass is 10.00. The van der Waals surface area contributed by atoms with Gasteiger partial charge in [-0.05, 0) is 18.2 Å². The second kappa shape index (κ2) is 5.55. The molecule has 0 saturated carbocycles. The van der Waals surface area contributed by atoms with Crippen LogP contribution in [0.1, 0.15) is 23.7 Å². The number of rotatable bonds is 3. The predicted octanol–water partition coefficient (Wildman–Crippen LogP) is 1.74. The first-order valence-corrected chi connectivity index (χ1v) is 6.80. The molecule has 110 valence electrons. The van der Waals surface area contributed by atoms with Crippen LogP contribution in [0.3, 0.4) is 0 Å². The minimum absolute atomic E-state index is 0.110. The van der Waals surface area contributed by atoms with E-state index in [9.17, 15) is 9.18 Å². The number of fused-ring (bicyclic) bond motifs is 1. The topological polar surface area (TPSA) is 56.2 Å². The van der Waals surface area contributed by atoms with E-state index in [0.717, 1.165) is 5.69 Å². The van der Waals surface area contributed by atoms with Crippen molar-refractivity contribution < 1.29 is 13.9 Å². The lowest BCUT2D eigenvalue weighted by Crippen LogP contribution is -2.33. The number of ether oxygens (including phenoxy) is 1. The standard InChI is InChI=1S/C15H16FN3O2/c1-19-9-17-8-11(19)7-15(20)18-13-4-5-21-14-3-2-10(16)6-12(13)14/h2-3,6,8-9,13H,4-5,7H2,1H3,(H,18,20). The van der Waals surface area contributed by atoms with Crippen LogP contribution in [0.5, 0.6) is 5.75 Å². The molecule has 1 N–H and O–H groups in total. The van der Waals surface area contributed by atoms with Gasteiger partial charge in [0.05, 0.1) is 25.4 Å². The SMILES string of the molecule is Cn1cncc1CC(=O)NC1CCOc2ccc(F)cc21. The summed E-state index contributed by atoms with van der Waals surface area (Å²) in [6.45, 7) is 0.509. The monoisotopic (exact) mass is 289 g/mol. The Kier molecular flexibility index (Phi) is 3.60. The normalized spacial score (nSPS) is 17.0. The van der Waals surface area contributed by atoms with Crippen LogP contribution in [0.15, 0.2) is 30.7 Å². The summed E-state index contributed by atoms with van der Waals surface area (Å²) in [6.07, 6.45) is 4.20. The summed E-state index contributed by atoms with van der Waals surface area (Å²) >= 11 is 0. The van der Waals surface area contributed by atoms with Crippen molar-refractivity contribution in [1.82, 2.24) is 14.9 Å². The third-order valence-corrected chi connectivity index (χ3v) is 3.60. The lowest BCUT2D eigenvalue weighted by molar-refractivity contribution is -0.121. The largest absolute Gasteiger partial charge is 0.493 e. The molecular weight excluding hydrogens is 273 g/mol. The minimum atomic E-state index is -0.329. The van der Waals surface area contributed by atoms with Crippen molar-refractivity contribution >= 4 is 5.91 Å². The van der Waals surface area contributed by atoms with Crippen LogP contribution in [0.2, 0.25) is 0 Å². The predicted molar refractivity (Wildman–Crippen MR) is 74.3 cm³/mol. The second-order valence-corrected chi connectivity index (χ2v) is 5.11. The van der Waals surface area contributed by atoms with Crippen LogP contribution in [0.4, 0.5) is 4.39 Å². The van der Waals surface area contributed by atoms with Gasteiger partial charge in [-0.15, -0.1) is 0 Å². The highest BCUT2D eigenvalue weighted by Gasteiger charge is 2.23. The fourth-order valence-corrected chi connectivity index (χ4v) is 2.48. The van der Waals surface area contributed by atoms with Crippen molar-refractivity contribution in [3.63, 3.8) is 0 Å². The molecule has 1 aliphatic heterocycles. The van der Waals surface area contributed by atoms with Crippen LogP contribution in [-0.2, 0) is 18.3 Å². The van der Waals surface area contributed by atoms with E-state index in [-0.39, 0.29) is 24.2 Å². The Morgan fingerprint density at radius 2 is 2.43 bits per heavy atom. The number of halogens is 1. The Hall–Kier alpha value is -2.37. The maximum atomic E-state index is 13.4. The number of nitrogens with zero attached hydrogens (tertiary/aromatic N) is 2. The number of aryl methyl sites for hydroxylation is 1. The smallest absolute Gasteiger partial charge is 0.226 e. The number of imidazole rings is 1. The van der Waals surface area contributed by atoms with Crippen molar-refractivity contribution in [2.24, 2.45) is 7.05 Å². The number of hydrogen-bond acceptors (Lipinski definition) is 3. The molecule has 5 nitrogen and oxygen atoms in total. The van der Waals surface area contributed by atoms with Gasteiger partial charge in [0.2, 0.25) is 5.91 Å².